The van der Waals surface area contributed by atoms with Crippen LogP contribution in [0.3, 0.4) is 0 Å². The van der Waals surface area contributed by atoms with E-state index in [1.54, 1.807) is 19.2 Å². The van der Waals surface area contributed by atoms with Crippen molar-refractivity contribution in [2.75, 3.05) is 5.32 Å². The highest BCUT2D eigenvalue weighted by Gasteiger charge is 2.18. The first-order valence-electron chi connectivity index (χ1n) is 8.08. The Kier molecular flexibility index (Phi) is 5.46. The molecule has 7 nitrogen and oxygen atoms in total. The minimum Gasteiger partial charge on any atom is -0.489 e. The summed E-state index contributed by atoms with van der Waals surface area (Å²) < 4.78 is 7.17. The highest BCUT2D eigenvalue weighted by molar-refractivity contribution is 6.04. The number of carbonyl (C=O) groups is 2. The molecule has 1 amide bonds. The number of amides is 1. The monoisotopic (exact) mass is 345 g/mol. The molecule has 134 valence electrons. The molecule has 0 atom stereocenters. The van der Waals surface area contributed by atoms with Crippen molar-refractivity contribution >= 4 is 17.6 Å². The summed E-state index contributed by atoms with van der Waals surface area (Å²) >= 11 is 0. The fourth-order valence-corrected chi connectivity index (χ4v) is 2.29. The third kappa shape index (κ3) is 4.37. The Morgan fingerprint density at radius 1 is 1.20 bits per heavy atom. The predicted molar refractivity (Wildman–Crippen MR) is 94.4 cm³/mol. The van der Waals surface area contributed by atoms with E-state index in [-0.39, 0.29) is 23.5 Å². The van der Waals surface area contributed by atoms with Gasteiger partial charge in [0.05, 0.1) is 23.0 Å². The Morgan fingerprint density at radius 2 is 1.88 bits per heavy atom. The maximum absolute atomic E-state index is 12.6. The van der Waals surface area contributed by atoms with Crippen LogP contribution in [0.2, 0.25) is 0 Å². The van der Waals surface area contributed by atoms with E-state index < -0.39 is 5.97 Å². The first kappa shape index (κ1) is 18.5. The van der Waals surface area contributed by atoms with E-state index in [9.17, 15) is 14.7 Å². The fourth-order valence-electron chi connectivity index (χ4n) is 2.29. The first-order chi connectivity index (χ1) is 11.7. The van der Waals surface area contributed by atoms with Crippen molar-refractivity contribution in [1.82, 2.24) is 9.78 Å². The van der Waals surface area contributed by atoms with Crippen LogP contribution in [0, 0.1) is 0 Å². The SMILES string of the molecule is CC(C)Oc1ccc(C(=O)O)cc1NC(=O)c1cc(C(C)C)nn1C. The van der Waals surface area contributed by atoms with Gasteiger partial charge in [0.25, 0.3) is 5.91 Å². The number of nitrogens with zero attached hydrogens (tertiary/aromatic N) is 2. The highest BCUT2D eigenvalue weighted by atomic mass is 16.5. The molecule has 0 spiro atoms. The molecule has 2 rings (SSSR count). The summed E-state index contributed by atoms with van der Waals surface area (Å²) in [5.41, 5.74) is 1.58. The standard InChI is InChI=1S/C18H23N3O4/c1-10(2)13-9-15(21(5)20-13)17(22)19-14-8-12(18(23)24)6-7-16(14)25-11(3)4/h6-11H,1-5H3,(H,19,22)(H,23,24). The van der Waals surface area contributed by atoms with Crippen molar-refractivity contribution < 1.29 is 19.4 Å². The number of aromatic carboxylic acids is 1. The van der Waals surface area contributed by atoms with E-state index in [0.29, 0.717) is 17.1 Å². The van der Waals surface area contributed by atoms with Crippen molar-refractivity contribution in [1.29, 1.82) is 0 Å². The molecule has 0 aliphatic carbocycles. The molecule has 1 aromatic carbocycles. The number of hydrogen-bond acceptors (Lipinski definition) is 4. The number of nitrogens with one attached hydrogen (secondary N) is 1. The topological polar surface area (TPSA) is 93.4 Å². The minimum atomic E-state index is -1.07. The predicted octanol–water partition coefficient (Wildman–Crippen LogP) is 3.28. The molecule has 7 heteroatoms. The maximum Gasteiger partial charge on any atom is 0.335 e. The lowest BCUT2D eigenvalue weighted by Gasteiger charge is -2.15. The third-order valence-corrected chi connectivity index (χ3v) is 3.56. The largest absolute Gasteiger partial charge is 0.489 e. The molecular weight excluding hydrogens is 322 g/mol. The Balaban J connectivity index is 2.35. The van der Waals surface area contributed by atoms with E-state index >= 15 is 0 Å². The number of anilines is 1. The molecule has 0 saturated heterocycles. The number of hydrogen-bond donors (Lipinski definition) is 2. The van der Waals surface area contributed by atoms with Crippen LogP contribution in [0.1, 0.15) is 60.2 Å². The second-order valence-electron chi connectivity index (χ2n) is 6.37. The van der Waals surface area contributed by atoms with Gasteiger partial charge in [0.1, 0.15) is 11.4 Å². The molecule has 0 aliphatic heterocycles. The summed E-state index contributed by atoms with van der Waals surface area (Å²) in [7, 11) is 1.69. The van der Waals surface area contributed by atoms with Crippen LogP contribution in [0.25, 0.3) is 0 Å². The summed E-state index contributed by atoms with van der Waals surface area (Å²) in [4.78, 5) is 23.8. The molecule has 0 unspecified atom stereocenters. The molecular formula is C18H23N3O4. The number of carboxylic acid groups (broad SMARTS) is 1. The van der Waals surface area contributed by atoms with E-state index in [4.69, 9.17) is 4.74 Å². The Hall–Kier alpha value is -2.83. The number of benzene rings is 1. The van der Waals surface area contributed by atoms with Gasteiger partial charge in [-0.15, -0.1) is 0 Å². The van der Waals surface area contributed by atoms with Crippen molar-refractivity contribution in [3.63, 3.8) is 0 Å². The van der Waals surface area contributed by atoms with Crippen molar-refractivity contribution in [2.45, 2.75) is 39.7 Å². The molecule has 2 aromatic rings. The lowest BCUT2D eigenvalue weighted by molar-refractivity contribution is 0.0696. The minimum absolute atomic E-state index is 0.0688. The van der Waals surface area contributed by atoms with Crippen LogP contribution in [-0.4, -0.2) is 32.9 Å². The van der Waals surface area contributed by atoms with E-state index in [1.807, 2.05) is 27.7 Å². The number of rotatable bonds is 6. The molecule has 25 heavy (non-hydrogen) atoms. The Morgan fingerprint density at radius 3 is 2.40 bits per heavy atom. The van der Waals surface area contributed by atoms with Gasteiger partial charge in [-0.1, -0.05) is 13.8 Å². The molecule has 0 radical (unpaired) electrons. The normalized spacial score (nSPS) is 11.0. The van der Waals surface area contributed by atoms with Crippen LogP contribution in [0.4, 0.5) is 5.69 Å². The van der Waals surface area contributed by atoms with Gasteiger partial charge in [0.2, 0.25) is 0 Å². The van der Waals surface area contributed by atoms with Gasteiger partial charge in [-0.3, -0.25) is 9.48 Å². The molecule has 0 saturated carbocycles. The van der Waals surface area contributed by atoms with Crippen molar-refractivity contribution in [3.8, 4) is 5.75 Å². The van der Waals surface area contributed by atoms with Gasteiger partial charge in [-0.05, 0) is 44.0 Å². The molecule has 0 aliphatic rings. The smallest absolute Gasteiger partial charge is 0.335 e. The summed E-state index contributed by atoms with van der Waals surface area (Å²) in [5.74, 6) is -0.838. The zero-order valence-electron chi connectivity index (χ0n) is 15.0. The zero-order chi connectivity index (χ0) is 18.7. The molecule has 2 N–H and O–H groups in total. The van der Waals surface area contributed by atoms with Crippen LogP contribution < -0.4 is 10.1 Å². The highest BCUT2D eigenvalue weighted by Crippen LogP contribution is 2.28. The van der Waals surface area contributed by atoms with Crippen LogP contribution in [0.15, 0.2) is 24.3 Å². The van der Waals surface area contributed by atoms with Gasteiger partial charge < -0.3 is 15.2 Å². The van der Waals surface area contributed by atoms with Gasteiger partial charge in [-0.25, -0.2) is 4.79 Å². The molecule has 0 fully saturated rings. The van der Waals surface area contributed by atoms with Gasteiger partial charge in [0.15, 0.2) is 0 Å². The first-order valence-corrected chi connectivity index (χ1v) is 8.08. The summed E-state index contributed by atoms with van der Waals surface area (Å²) in [6, 6.07) is 6.10. The van der Waals surface area contributed by atoms with Gasteiger partial charge >= 0.3 is 5.97 Å². The van der Waals surface area contributed by atoms with Crippen molar-refractivity contribution in [2.24, 2.45) is 7.05 Å². The summed E-state index contributed by atoms with van der Waals surface area (Å²) in [5, 5.41) is 16.2. The zero-order valence-corrected chi connectivity index (χ0v) is 15.0. The second kappa shape index (κ2) is 7.38. The molecule has 1 heterocycles. The average Bonchev–Trinajstić information content (AvgIpc) is 2.90. The maximum atomic E-state index is 12.6. The van der Waals surface area contributed by atoms with Crippen LogP contribution in [0.5, 0.6) is 5.75 Å². The Labute approximate surface area is 146 Å². The van der Waals surface area contributed by atoms with E-state index in [1.165, 1.54) is 16.8 Å². The fraction of sp³-hybridized carbons (Fsp3) is 0.389. The molecule has 1 aromatic heterocycles. The summed E-state index contributed by atoms with van der Waals surface area (Å²) in [6.45, 7) is 7.70. The second-order valence-corrected chi connectivity index (χ2v) is 6.37. The number of carbonyl (C=O) groups excluding carboxylic acids is 1. The Bertz CT molecular complexity index is 794. The summed E-state index contributed by atoms with van der Waals surface area (Å²) in [6.07, 6.45) is -0.115. The third-order valence-electron chi connectivity index (χ3n) is 3.56. The number of ether oxygens (including phenoxy) is 1. The average molecular weight is 345 g/mol. The van der Waals surface area contributed by atoms with E-state index in [0.717, 1.165) is 5.69 Å². The lowest BCUT2D eigenvalue weighted by atomic mass is 10.1. The van der Waals surface area contributed by atoms with Crippen LogP contribution in [-0.2, 0) is 7.05 Å². The number of carboxylic acids is 1. The van der Waals surface area contributed by atoms with Gasteiger partial charge in [0, 0.05) is 7.05 Å². The van der Waals surface area contributed by atoms with Gasteiger partial charge in [-0.2, -0.15) is 5.10 Å². The van der Waals surface area contributed by atoms with Crippen LogP contribution >= 0.6 is 0 Å². The van der Waals surface area contributed by atoms with Crippen molar-refractivity contribution in [3.05, 3.63) is 41.2 Å². The quantitative estimate of drug-likeness (QED) is 0.838. The number of aromatic nitrogens is 2. The lowest BCUT2D eigenvalue weighted by Crippen LogP contribution is -2.18. The van der Waals surface area contributed by atoms with E-state index in [2.05, 4.69) is 10.4 Å². The molecule has 0 bridgehead atoms. The number of aryl methyl sites for hydroxylation is 1.